The zero-order valence-electron chi connectivity index (χ0n) is 22.6. The normalized spacial score (nSPS) is 17.8. The molecule has 0 radical (unpaired) electrons. The second-order valence-electron chi connectivity index (χ2n) is 10.5. The minimum Gasteiger partial charge on any atom is -0.461 e. The van der Waals surface area contributed by atoms with Crippen molar-refractivity contribution in [3.8, 4) is 0 Å². The summed E-state index contributed by atoms with van der Waals surface area (Å²) < 4.78 is 16.8. The number of esters is 1. The van der Waals surface area contributed by atoms with Gasteiger partial charge < -0.3 is 24.8 Å². The second kappa shape index (κ2) is 11.8. The first-order valence-electron chi connectivity index (χ1n) is 12.7. The van der Waals surface area contributed by atoms with E-state index >= 15 is 0 Å². The third-order valence-electron chi connectivity index (χ3n) is 6.44. The van der Waals surface area contributed by atoms with Crippen molar-refractivity contribution in [2.75, 3.05) is 5.32 Å². The first kappa shape index (κ1) is 27.5. The topological polar surface area (TPSA) is 89.2 Å². The largest absolute Gasteiger partial charge is 0.461 e. The lowest BCUT2D eigenvalue weighted by Crippen LogP contribution is -2.43. The Morgan fingerprint density at radius 3 is 2.47 bits per heavy atom. The number of carbonyl (C=O) groups excluding carboxylic acids is 2. The molecule has 7 heteroatoms. The number of anilines is 1. The minimum atomic E-state index is -0.626. The summed E-state index contributed by atoms with van der Waals surface area (Å²) in [7, 11) is 0. The van der Waals surface area contributed by atoms with E-state index in [4.69, 9.17) is 14.2 Å². The van der Waals surface area contributed by atoms with E-state index in [9.17, 15) is 9.59 Å². The van der Waals surface area contributed by atoms with Gasteiger partial charge >= 0.3 is 12.1 Å². The van der Waals surface area contributed by atoms with Crippen LogP contribution in [0.2, 0.25) is 0 Å². The van der Waals surface area contributed by atoms with Crippen molar-refractivity contribution in [3.05, 3.63) is 64.2 Å². The Morgan fingerprint density at radius 2 is 1.78 bits per heavy atom. The summed E-state index contributed by atoms with van der Waals surface area (Å²) in [6.07, 6.45) is 0.378. The highest BCUT2D eigenvalue weighted by Gasteiger charge is 2.46. The molecule has 3 atom stereocenters. The Hall–Kier alpha value is -3.06. The summed E-state index contributed by atoms with van der Waals surface area (Å²) in [6, 6.07) is 11.7. The molecule has 0 aliphatic carbocycles. The average molecular weight is 497 g/mol. The smallest absolute Gasteiger partial charge is 0.407 e. The van der Waals surface area contributed by atoms with Crippen LogP contribution in [0.5, 0.6) is 0 Å². The molecule has 1 aliphatic heterocycles. The van der Waals surface area contributed by atoms with Crippen molar-refractivity contribution in [2.45, 2.75) is 98.3 Å². The third-order valence-corrected chi connectivity index (χ3v) is 6.44. The highest BCUT2D eigenvalue weighted by atomic mass is 16.6. The van der Waals surface area contributed by atoms with Crippen LogP contribution in [-0.4, -0.2) is 36.0 Å². The van der Waals surface area contributed by atoms with E-state index < -0.39 is 17.7 Å². The summed E-state index contributed by atoms with van der Waals surface area (Å²) in [4.78, 5) is 25.0. The number of aryl methyl sites for hydroxylation is 2. The van der Waals surface area contributed by atoms with E-state index in [-0.39, 0.29) is 31.3 Å². The lowest BCUT2D eigenvalue weighted by molar-refractivity contribution is -0.145. The maximum Gasteiger partial charge on any atom is 0.407 e. The number of hydrogen-bond donors (Lipinski definition) is 2. The molecule has 1 fully saturated rings. The summed E-state index contributed by atoms with van der Waals surface area (Å²) in [6.45, 7) is 14.0. The number of amides is 1. The Balaban J connectivity index is 1.59. The zero-order chi connectivity index (χ0) is 26.5. The van der Waals surface area contributed by atoms with Gasteiger partial charge in [-0.15, -0.1) is 0 Å². The predicted octanol–water partition coefficient (Wildman–Crippen LogP) is 5.73. The molecule has 0 spiro atoms. The van der Waals surface area contributed by atoms with Crippen molar-refractivity contribution in [1.82, 2.24) is 5.32 Å². The summed E-state index contributed by atoms with van der Waals surface area (Å²) in [5.74, 6) is -0.317. The first-order valence-corrected chi connectivity index (χ1v) is 12.7. The summed E-state index contributed by atoms with van der Waals surface area (Å²) >= 11 is 0. The Morgan fingerprint density at radius 1 is 1.06 bits per heavy atom. The average Bonchev–Trinajstić information content (AvgIpc) is 3.58. The van der Waals surface area contributed by atoms with Crippen LogP contribution >= 0.6 is 0 Å². The minimum absolute atomic E-state index is 0.156. The van der Waals surface area contributed by atoms with Gasteiger partial charge in [-0.05, 0) is 88.3 Å². The summed E-state index contributed by atoms with van der Waals surface area (Å²) in [5.41, 5.74) is 6.16. The highest BCUT2D eigenvalue weighted by molar-refractivity contribution is 5.70. The molecule has 2 aromatic rings. The molecule has 1 saturated heterocycles. The molecular formula is C29H40N2O5. The van der Waals surface area contributed by atoms with E-state index in [2.05, 4.69) is 50.5 Å². The SMILES string of the molecule is CCc1cccc(COC(=O)CCC(NC(=O)OC(C)(C)C)C2OC2Nc2ccc(C)c(C)c2C)c1. The van der Waals surface area contributed by atoms with E-state index in [1.54, 1.807) is 0 Å². The van der Waals surface area contributed by atoms with Gasteiger partial charge in [-0.3, -0.25) is 4.79 Å². The van der Waals surface area contributed by atoms with Crippen molar-refractivity contribution in [2.24, 2.45) is 0 Å². The van der Waals surface area contributed by atoms with E-state index in [0.717, 1.165) is 23.2 Å². The van der Waals surface area contributed by atoms with Gasteiger partial charge in [-0.2, -0.15) is 0 Å². The highest BCUT2D eigenvalue weighted by Crippen LogP contribution is 2.32. The van der Waals surface area contributed by atoms with Gasteiger partial charge in [0, 0.05) is 12.1 Å². The number of alkyl carbamates (subject to hydrolysis) is 1. The van der Waals surface area contributed by atoms with Crippen LogP contribution in [-0.2, 0) is 32.0 Å². The molecule has 0 aromatic heterocycles. The molecule has 2 aromatic carbocycles. The fourth-order valence-electron chi connectivity index (χ4n) is 4.04. The van der Waals surface area contributed by atoms with E-state index in [0.29, 0.717) is 6.42 Å². The Bertz CT molecular complexity index is 1080. The first-order chi connectivity index (χ1) is 17.0. The third kappa shape index (κ3) is 7.98. The van der Waals surface area contributed by atoms with E-state index in [1.807, 2.05) is 45.0 Å². The van der Waals surface area contributed by atoms with Crippen LogP contribution in [0, 0.1) is 20.8 Å². The molecule has 0 bridgehead atoms. The molecule has 0 saturated carbocycles. The van der Waals surface area contributed by atoms with Crippen LogP contribution in [0.4, 0.5) is 10.5 Å². The number of benzene rings is 2. The molecule has 1 aliphatic rings. The Kier molecular flexibility index (Phi) is 9.01. The fraction of sp³-hybridized carbons (Fsp3) is 0.517. The molecule has 1 amide bonds. The number of epoxide rings is 1. The molecular weight excluding hydrogens is 456 g/mol. The van der Waals surface area contributed by atoms with Gasteiger partial charge in [0.2, 0.25) is 0 Å². The van der Waals surface area contributed by atoms with Gasteiger partial charge in [0.25, 0.3) is 0 Å². The van der Waals surface area contributed by atoms with Gasteiger partial charge in [-0.1, -0.05) is 37.3 Å². The second-order valence-corrected chi connectivity index (χ2v) is 10.5. The fourth-order valence-corrected chi connectivity index (χ4v) is 4.04. The van der Waals surface area contributed by atoms with Gasteiger partial charge in [0.1, 0.15) is 18.3 Å². The monoisotopic (exact) mass is 496 g/mol. The molecule has 7 nitrogen and oxygen atoms in total. The standard InChI is InChI=1S/C29H40N2O5/c1-8-21-10-9-11-22(16-21)17-34-25(32)15-14-24(31-28(33)36-29(5,6)7)26-27(35-26)30-23-13-12-18(2)19(3)20(23)4/h9-13,16,24,26-27,30H,8,14-15,17H2,1-7H3,(H,31,33). The maximum absolute atomic E-state index is 12.5. The number of carbonyl (C=O) groups is 2. The van der Waals surface area contributed by atoms with Gasteiger partial charge in [0.15, 0.2) is 6.23 Å². The van der Waals surface area contributed by atoms with Crippen LogP contribution in [0.1, 0.15) is 68.4 Å². The number of nitrogens with one attached hydrogen (secondary N) is 2. The van der Waals surface area contributed by atoms with Crippen LogP contribution in [0.25, 0.3) is 0 Å². The summed E-state index contributed by atoms with van der Waals surface area (Å²) in [5, 5.41) is 6.32. The zero-order valence-corrected chi connectivity index (χ0v) is 22.6. The number of ether oxygens (including phenoxy) is 3. The molecule has 2 N–H and O–H groups in total. The molecule has 36 heavy (non-hydrogen) atoms. The van der Waals surface area contributed by atoms with Crippen LogP contribution in [0.15, 0.2) is 36.4 Å². The molecule has 3 rings (SSSR count). The molecule has 3 unspecified atom stereocenters. The van der Waals surface area contributed by atoms with Gasteiger partial charge in [0.05, 0.1) is 6.04 Å². The van der Waals surface area contributed by atoms with E-state index in [1.165, 1.54) is 16.7 Å². The lowest BCUT2D eigenvalue weighted by Gasteiger charge is -2.23. The van der Waals surface area contributed by atoms with Gasteiger partial charge in [-0.25, -0.2) is 4.79 Å². The van der Waals surface area contributed by atoms with Crippen molar-refractivity contribution in [1.29, 1.82) is 0 Å². The van der Waals surface area contributed by atoms with Crippen molar-refractivity contribution in [3.63, 3.8) is 0 Å². The maximum atomic E-state index is 12.5. The lowest BCUT2D eigenvalue weighted by atomic mass is 10.0. The quantitative estimate of drug-likeness (QED) is 0.323. The van der Waals surface area contributed by atoms with Crippen molar-refractivity contribution >= 4 is 17.7 Å². The molecule has 196 valence electrons. The molecule has 1 heterocycles. The number of hydrogen-bond acceptors (Lipinski definition) is 6. The van der Waals surface area contributed by atoms with Crippen LogP contribution in [0.3, 0.4) is 0 Å². The number of rotatable bonds is 10. The van der Waals surface area contributed by atoms with Crippen molar-refractivity contribution < 1.29 is 23.8 Å². The predicted molar refractivity (Wildman–Crippen MR) is 141 cm³/mol. The van der Waals surface area contributed by atoms with Crippen LogP contribution < -0.4 is 10.6 Å². The Labute approximate surface area is 214 Å².